The smallest absolute Gasteiger partial charge is 0.198 e. The number of hydrogen-bond acceptors (Lipinski definition) is 4. The van der Waals surface area contributed by atoms with Gasteiger partial charge in [0.15, 0.2) is 12.1 Å². The van der Waals surface area contributed by atoms with Gasteiger partial charge in [0, 0.05) is 20.6 Å². The van der Waals surface area contributed by atoms with Crippen molar-refractivity contribution in [3.8, 4) is 0 Å². The Labute approximate surface area is 157 Å². The van der Waals surface area contributed by atoms with E-state index in [0.29, 0.717) is 18.8 Å². The largest absolute Gasteiger partial charge is 0.389 e. The molecule has 1 N–H and O–H groups in total. The quantitative estimate of drug-likeness (QED) is 0.735. The summed E-state index contributed by atoms with van der Waals surface area (Å²) < 4.78 is 18.1. The first-order valence-corrected chi connectivity index (χ1v) is 9.75. The molecular weight excluding hydrogens is 328 g/mol. The number of methoxy groups -OCH3 is 2. The van der Waals surface area contributed by atoms with Gasteiger partial charge in [0.05, 0.1) is 6.10 Å². The highest BCUT2D eigenvalue weighted by Gasteiger charge is 2.56. The first kappa shape index (κ1) is 19.8. The van der Waals surface area contributed by atoms with Gasteiger partial charge in [0.1, 0.15) is 0 Å². The molecule has 0 aromatic carbocycles. The summed E-state index contributed by atoms with van der Waals surface area (Å²) in [4.78, 5) is 0. The van der Waals surface area contributed by atoms with E-state index in [2.05, 4.69) is 20.4 Å². The summed E-state index contributed by atoms with van der Waals surface area (Å²) in [6.07, 6.45) is 6.45. The Bertz CT molecular complexity index is 630. The molecule has 0 radical (unpaired) electrons. The Morgan fingerprint density at radius 3 is 2.58 bits per heavy atom. The van der Waals surface area contributed by atoms with E-state index in [9.17, 15) is 5.11 Å². The molecular formula is C22H34O4. The third-order valence-electron chi connectivity index (χ3n) is 6.59. The van der Waals surface area contributed by atoms with Gasteiger partial charge in [0.2, 0.25) is 0 Å². The molecule has 26 heavy (non-hydrogen) atoms. The van der Waals surface area contributed by atoms with Gasteiger partial charge in [-0.25, -0.2) is 0 Å². The lowest BCUT2D eigenvalue weighted by Gasteiger charge is -2.46. The van der Waals surface area contributed by atoms with Gasteiger partial charge < -0.3 is 19.3 Å². The number of aliphatic hydroxyl groups is 1. The normalized spacial score (nSPS) is 39.8. The van der Waals surface area contributed by atoms with E-state index in [4.69, 9.17) is 14.2 Å². The third-order valence-corrected chi connectivity index (χ3v) is 6.59. The van der Waals surface area contributed by atoms with Gasteiger partial charge in [-0.05, 0) is 61.5 Å². The predicted molar refractivity (Wildman–Crippen MR) is 103 cm³/mol. The lowest BCUT2D eigenvalue weighted by Crippen LogP contribution is -2.44. The van der Waals surface area contributed by atoms with Gasteiger partial charge in [0.25, 0.3) is 0 Å². The molecule has 1 heterocycles. The summed E-state index contributed by atoms with van der Waals surface area (Å²) in [5.74, 6) is -0.276. The van der Waals surface area contributed by atoms with Crippen LogP contribution in [0.15, 0.2) is 34.9 Å². The van der Waals surface area contributed by atoms with E-state index >= 15 is 0 Å². The van der Waals surface area contributed by atoms with Crippen LogP contribution in [0.3, 0.4) is 0 Å². The van der Waals surface area contributed by atoms with Crippen molar-refractivity contribution in [1.82, 2.24) is 0 Å². The maximum absolute atomic E-state index is 10.4. The van der Waals surface area contributed by atoms with E-state index in [1.54, 1.807) is 14.2 Å². The van der Waals surface area contributed by atoms with Gasteiger partial charge in [-0.3, -0.25) is 0 Å². The summed E-state index contributed by atoms with van der Waals surface area (Å²) in [6, 6.07) is 0. The van der Waals surface area contributed by atoms with E-state index < -0.39 is 11.9 Å². The molecule has 2 bridgehead atoms. The van der Waals surface area contributed by atoms with Crippen molar-refractivity contribution in [3.05, 3.63) is 34.9 Å². The number of aliphatic hydroxyl groups excluding tert-OH is 1. The Hall–Kier alpha value is -0.940. The third kappa shape index (κ3) is 3.33. The van der Waals surface area contributed by atoms with Crippen molar-refractivity contribution in [2.24, 2.45) is 11.3 Å². The minimum atomic E-state index is -0.811. The molecule has 0 aromatic heterocycles. The summed E-state index contributed by atoms with van der Waals surface area (Å²) in [5, 5.41) is 10.4. The van der Waals surface area contributed by atoms with Gasteiger partial charge >= 0.3 is 0 Å². The highest BCUT2D eigenvalue weighted by Crippen LogP contribution is 2.58. The molecule has 1 aliphatic heterocycles. The molecule has 4 heteroatoms. The van der Waals surface area contributed by atoms with Crippen molar-refractivity contribution < 1.29 is 19.3 Å². The van der Waals surface area contributed by atoms with E-state index in [0.717, 1.165) is 36.8 Å². The minimum Gasteiger partial charge on any atom is -0.389 e. The monoisotopic (exact) mass is 362 g/mol. The lowest BCUT2D eigenvalue weighted by molar-refractivity contribution is -0.251. The van der Waals surface area contributed by atoms with Crippen LogP contribution in [-0.4, -0.2) is 37.5 Å². The average molecular weight is 363 g/mol. The average Bonchev–Trinajstić information content (AvgIpc) is 2.88. The molecule has 146 valence electrons. The Morgan fingerprint density at radius 1 is 1.23 bits per heavy atom. The topological polar surface area (TPSA) is 47.9 Å². The fraction of sp³-hybridized carbons (Fsp3) is 0.727. The minimum absolute atomic E-state index is 0.0325. The second kappa shape index (κ2) is 7.23. The first-order chi connectivity index (χ1) is 12.2. The molecule has 0 amide bonds. The van der Waals surface area contributed by atoms with E-state index in [1.807, 2.05) is 13.0 Å². The van der Waals surface area contributed by atoms with Crippen molar-refractivity contribution in [2.45, 2.75) is 77.5 Å². The maximum atomic E-state index is 10.4. The Morgan fingerprint density at radius 2 is 1.92 bits per heavy atom. The molecule has 0 saturated carbocycles. The number of fused-ring (bicyclic) bond motifs is 1. The Balaban J connectivity index is 2.12. The van der Waals surface area contributed by atoms with Crippen LogP contribution < -0.4 is 0 Å². The second-order valence-corrected chi connectivity index (χ2v) is 8.75. The van der Waals surface area contributed by atoms with Crippen LogP contribution in [0.25, 0.3) is 0 Å². The fourth-order valence-corrected chi connectivity index (χ4v) is 5.35. The maximum Gasteiger partial charge on any atom is 0.198 e. The predicted octanol–water partition coefficient (Wildman–Crippen LogP) is 4.50. The zero-order valence-corrected chi connectivity index (χ0v) is 16.9. The molecule has 0 aromatic rings. The van der Waals surface area contributed by atoms with Crippen molar-refractivity contribution in [1.29, 1.82) is 0 Å². The zero-order chi connectivity index (χ0) is 19.1. The van der Waals surface area contributed by atoms with E-state index in [1.165, 1.54) is 11.1 Å². The fourth-order valence-electron chi connectivity index (χ4n) is 5.35. The summed E-state index contributed by atoms with van der Waals surface area (Å²) >= 11 is 0. The SMILES string of the molecule is C=C1CC[C@@H]2CCC3=C(C2(C)C)[C@@](OC)(C/C(C)=C/[C@@H](O)C1)O[C@H]3OC. The van der Waals surface area contributed by atoms with Crippen LogP contribution >= 0.6 is 0 Å². The summed E-state index contributed by atoms with van der Waals surface area (Å²) in [7, 11) is 3.42. The number of hydrogen-bond donors (Lipinski definition) is 1. The van der Waals surface area contributed by atoms with Crippen LogP contribution in [0.1, 0.15) is 59.3 Å². The molecule has 3 aliphatic rings. The van der Waals surface area contributed by atoms with Crippen LogP contribution in [0, 0.1) is 11.3 Å². The molecule has 4 atom stereocenters. The molecule has 0 spiro atoms. The van der Waals surface area contributed by atoms with Gasteiger partial charge in [-0.1, -0.05) is 37.6 Å². The molecule has 0 saturated heterocycles. The van der Waals surface area contributed by atoms with Crippen LogP contribution in [-0.2, 0) is 14.2 Å². The number of rotatable bonds is 2. The summed E-state index contributed by atoms with van der Waals surface area (Å²) in [5.41, 5.74) is 4.67. The van der Waals surface area contributed by atoms with Gasteiger partial charge in [-0.2, -0.15) is 0 Å². The van der Waals surface area contributed by atoms with Crippen LogP contribution in [0.4, 0.5) is 0 Å². The van der Waals surface area contributed by atoms with E-state index in [-0.39, 0.29) is 11.7 Å². The van der Waals surface area contributed by atoms with Crippen LogP contribution in [0.5, 0.6) is 0 Å². The second-order valence-electron chi connectivity index (χ2n) is 8.75. The first-order valence-electron chi connectivity index (χ1n) is 9.75. The molecule has 0 fully saturated rings. The highest BCUT2D eigenvalue weighted by atomic mass is 16.8. The zero-order valence-electron chi connectivity index (χ0n) is 16.9. The highest BCUT2D eigenvalue weighted by molar-refractivity contribution is 5.38. The van der Waals surface area contributed by atoms with Crippen molar-refractivity contribution in [2.75, 3.05) is 14.2 Å². The number of ether oxygens (including phenoxy) is 3. The van der Waals surface area contributed by atoms with Crippen molar-refractivity contribution >= 4 is 0 Å². The standard InChI is InChI=1S/C22H34O4/c1-14-7-8-16-9-10-18-19(21(16,3)4)22(25-6,26-20(18)24-5)13-15(2)12-17(23)11-14/h12,16-17,20,23H,1,7-11,13H2,2-6H3/b15-12+/t16-,17+,20-,22-/m1/s1. The van der Waals surface area contributed by atoms with Gasteiger partial charge in [-0.15, -0.1) is 0 Å². The van der Waals surface area contributed by atoms with Crippen molar-refractivity contribution in [3.63, 3.8) is 0 Å². The Kier molecular flexibility index (Phi) is 5.51. The van der Waals surface area contributed by atoms with Crippen LogP contribution in [0.2, 0.25) is 0 Å². The molecule has 2 aliphatic carbocycles. The molecule has 3 rings (SSSR count). The lowest BCUT2D eigenvalue weighted by atomic mass is 9.61. The molecule has 0 unspecified atom stereocenters. The molecule has 4 nitrogen and oxygen atoms in total. The summed E-state index contributed by atoms with van der Waals surface area (Å²) in [6.45, 7) is 10.9.